The number of aromatic nitrogens is 2. The lowest BCUT2D eigenvalue weighted by Crippen LogP contribution is -2.39. The van der Waals surface area contributed by atoms with Crippen molar-refractivity contribution in [2.75, 3.05) is 13.1 Å². The number of aliphatic carboxylic acids is 1. The molecule has 0 saturated heterocycles. The summed E-state index contributed by atoms with van der Waals surface area (Å²) in [5, 5.41) is 14.5. The van der Waals surface area contributed by atoms with E-state index in [1.807, 2.05) is 16.8 Å². The molecular weight excluding hydrogens is 460 g/mol. The van der Waals surface area contributed by atoms with Crippen LogP contribution in [0.15, 0.2) is 59.3 Å². The summed E-state index contributed by atoms with van der Waals surface area (Å²) in [7, 11) is 0. The number of fused-ring (bicyclic) bond motifs is 1. The summed E-state index contributed by atoms with van der Waals surface area (Å²) in [5.41, 5.74) is 2.08. The number of alkyl halides is 3. The lowest BCUT2D eigenvalue weighted by Gasteiger charge is -2.34. The first kappa shape index (κ1) is 25.0. The Morgan fingerprint density at radius 1 is 1.21 bits per heavy atom. The highest BCUT2D eigenvalue weighted by atomic mass is 19.4. The highest BCUT2D eigenvalue weighted by molar-refractivity contribution is 5.91. The number of nitrogens with one attached hydrogen (secondary N) is 1. The monoisotopic (exact) mass is 482 g/mol. The van der Waals surface area contributed by atoms with Crippen LogP contribution in [0.2, 0.25) is 0 Å². The molecule has 1 amide bonds. The van der Waals surface area contributed by atoms with Crippen molar-refractivity contribution in [2.45, 2.75) is 31.7 Å². The molecule has 12 heteroatoms. The van der Waals surface area contributed by atoms with Crippen LogP contribution in [-0.2, 0) is 17.9 Å². The Morgan fingerprint density at radius 3 is 2.62 bits per heavy atom. The minimum Gasteiger partial charge on any atom is -0.475 e. The van der Waals surface area contributed by atoms with Crippen molar-refractivity contribution in [3.05, 3.63) is 77.8 Å². The van der Waals surface area contributed by atoms with Gasteiger partial charge in [0.15, 0.2) is 5.76 Å². The Kier molecular flexibility index (Phi) is 8.05. The van der Waals surface area contributed by atoms with Gasteiger partial charge in [-0.25, -0.2) is 9.18 Å². The second-order valence-corrected chi connectivity index (χ2v) is 7.55. The predicted molar refractivity (Wildman–Crippen MR) is 111 cm³/mol. The first-order chi connectivity index (χ1) is 16.1. The lowest BCUT2D eigenvalue weighted by atomic mass is 10.1. The van der Waals surface area contributed by atoms with Crippen LogP contribution in [0.3, 0.4) is 0 Å². The molecule has 34 heavy (non-hydrogen) atoms. The number of carboxylic acid groups (broad SMARTS) is 1. The number of carbonyl (C=O) groups excluding carboxylic acids is 1. The van der Waals surface area contributed by atoms with Crippen LogP contribution in [0.1, 0.15) is 34.3 Å². The van der Waals surface area contributed by atoms with Gasteiger partial charge in [-0.05, 0) is 42.3 Å². The summed E-state index contributed by atoms with van der Waals surface area (Å²) in [6, 6.07) is 12.2. The second-order valence-electron chi connectivity index (χ2n) is 7.55. The molecule has 0 bridgehead atoms. The summed E-state index contributed by atoms with van der Waals surface area (Å²) < 4.78 is 52.3. The van der Waals surface area contributed by atoms with E-state index >= 15 is 0 Å². The van der Waals surface area contributed by atoms with Crippen molar-refractivity contribution in [1.82, 2.24) is 20.0 Å². The van der Waals surface area contributed by atoms with Gasteiger partial charge in [0.1, 0.15) is 5.82 Å². The smallest absolute Gasteiger partial charge is 0.475 e. The summed E-state index contributed by atoms with van der Waals surface area (Å²) in [4.78, 5) is 23.2. The normalized spacial score (nSPS) is 15.7. The Balaban J connectivity index is 0.000000406. The van der Waals surface area contributed by atoms with Gasteiger partial charge in [-0.3, -0.25) is 14.4 Å². The molecule has 1 aliphatic heterocycles. The molecule has 2 N–H and O–H groups in total. The third-order valence-electron chi connectivity index (χ3n) is 5.00. The minimum absolute atomic E-state index is 0.147. The molecule has 0 aliphatic carbocycles. The number of amides is 1. The van der Waals surface area contributed by atoms with Crippen LogP contribution in [-0.4, -0.2) is 50.9 Å². The number of hydrogen-bond donors (Lipinski definition) is 2. The zero-order chi connectivity index (χ0) is 24.7. The summed E-state index contributed by atoms with van der Waals surface area (Å²) in [5.74, 6) is -2.88. The Bertz CT molecular complexity index is 1100. The van der Waals surface area contributed by atoms with Crippen LogP contribution in [0.25, 0.3) is 0 Å². The number of halogens is 4. The van der Waals surface area contributed by atoms with E-state index in [1.165, 1.54) is 12.3 Å². The van der Waals surface area contributed by atoms with E-state index in [0.29, 0.717) is 18.8 Å². The number of rotatable bonds is 6. The van der Waals surface area contributed by atoms with Gasteiger partial charge in [0.25, 0.3) is 5.91 Å². The molecule has 1 aromatic carbocycles. The SMILES string of the molecule is O=C(NCCC1CN(Cc2cccc(F)c2)Cc2ccnn21)c1ccco1.O=C(O)C(F)(F)F. The Labute approximate surface area is 191 Å². The van der Waals surface area contributed by atoms with E-state index in [0.717, 1.165) is 30.8 Å². The summed E-state index contributed by atoms with van der Waals surface area (Å²) in [6.07, 6.45) is -1.05. The van der Waals surface area contributed by atoms with Gasteiger partial charge >= 0.3 is 12.1 Å². The molecule has 1 atom stereocenters. The molecule has 1 unspecified atom stereocenters. The highest BCUT2D eigenvalue weighted by Gasteiger charge is 2.38. The zero-order valence-electron chi connectivity index (χ0n) is 17.8. The van der Waals surface area contributed by atoms with Crippen molar-refractivity contribution in [1.29, 1.82) is 0 Å². The van der Waals surface area contributed by atoms with Gasteiger partial charge in [-0.2, -0.15) is 18.3 Å². The van der Waals surface area contributed by atoms with E-state index in [1.54, 1.807) is 30.5 Å². The maximum atomic E-state index is 13.5. The van der Waals surface area contributed by atoms with Gasteiger partial charge in [-0.1, -0.05) is 12.1 Å². The first-order valence-corrected chi connectivity index (χ1v) is 10.2. The number of benzene rings is 1. The molecule has 8 nitrogen and oxygen atoms in total. The van der Waals surface area contributed by atoms with Crippen molar-refractivity contribution >= 4 is 11.9 Å². The van der Waals surface area contributed by atoms with Gasteiger partial charge < -0.3 is 14.8 Å². The number of furan rings is 1. The van der Waals surface area contributed by atoms with E-state index in [9.17, 15) is 22.4 Å². The topological polar surface area (TPSA) is 101 Å². The zero-order valence-corrected chi connectivity index (χ0v) is 17.8. The van der Waals surface area contributed by atoms with Crippen molar-refractivity contribution in [3.63, 3.8) is 0 Å². The van der Waals surface area contributed by atoms with Crippen LogP contribution in [0.5, 0.6) is 0 Å². The summed E-state index contributed by atoms with van der Waals surface area (Å²) in [6.45, 7) is 2.77. The quantitative estimate of drug-likeness (QED) is 0.521. The predicted octanol–water partition coefficient (Wildman–Crippen LogP) is 3.63. The molecule has 0 spiro atoms. The number of hydrogen-bond acceptors (Lipinski definition) is 5. The fourth-order valence-electron chi connectivity index (χ4n) is 3.54. The van der Waals surface area contributed by atoms with Crippen LogP contribution in [0.4, 0.5) is 17.6 Å². The van der Waals surface area contributed by atoms with Gasteiger partial charge in [0.05, 0.1) is 18.0 Å². The van der Waals surface area contributed by atoms with Crippen LogP contribution in [0, 0.1) is 5.82 Å². The van der Waals surface area contributed by atoms with E-state index in [2.05, 4.69) is 15.3 Å². The third kappa shape index (κ3) is 6.91. The first-order valence-electron chi connectivity index (χ1n) is 10.2. The molecule has 3 aromatic rings. The van der Waals surface area contributed by atoms with Gasteiger partial charge in [0.2, 0.25) is 0 Å². The van der Waals surface area contributed by atoms with E-state index in [-0.39, 0.29) is 17.8 Å². The van der Waals surface area contributed by atoms with Crippen molar-refractivity contribution in [2.24, 2.45) is 0 Å². The average molecular weight is 482 g/mol. The fourth-order valence-corrected chi connectivity index (χ4v) is 3.54. The Morgan fingerprint density at radius 2 is 1.97 bits per heavy atom. The van der Waals surface area contributed by atoms with E-state index < -0.39 is 12.1 Å². The second kappa shape index (κ2) is 11.0. The van der Waals surface area contributed by atoms with E-state index in [4.69, 9.17) is 14.3 Å². The molecule has 2 aromatic heterocycles. The minimum atomic E-state index is -5.08. The maximum Gasteiger partial charge on any atom is 0.490 e. The van der Waals surface area contributed by atoms with Gasteiger partial charge in [0, 0.05) is 32.4 Å². The fraction of sp³-hybridized carbons (Fsp3) is 0.318. The molecule has 1 aliphatic rings. The molecule has 3 heterocycles. The summed E-state index contributed by atoms with van der Waals surface area (Å²) >= 11 is 0. The molecule has 0 fully saturated rings. The number of carboxylic acids is 1. The Hall–Kier alpha value is -3.67. The molecule has 182 valence electrons. The lowest BCUT2D eigenvalue weighted by molar-refractivity contribution is -0.192. The average Bonchev–Trinajstić information content (AvgIpc) is 3.46. The van der Waals surface area contributed by atoms with Gasteiger partial charge in [-0.15, -0.1) is 0 Å². The van der Waals surface area contributed by atoms with Crippen LogP contribution >= 0.6 is 0 Å². The molecule has 4 rings (SSSR count). The third-order valence-corrected chi connectivity index (χ3v) is 5.00. The standard InChI is InChI=1S/C20H21FN4O2.C2HF3O2/c21-16-4-1-3-15(11-16)12-24-13-17(25-18(14-24)7-9-23-25)6-8-22-20(26)19-5-2-10-27-19;3-2(4,5)1(6)7/h1-5,7,9-11,17H,6,8,12-14H2,(H,22,26);(H,6,7). The number of carbonyl (C=O) groups is 2. The van der Waals surface area contributed by atoms with Crippen LogP contribution < -0.4 is 5.32 Å². The molecule has 0 radical (unpaired) electrons. The maximum absolute atomic E-state index is 13.5. The molecule has 0 saturated carbocycles. The van der Waals surface area contributed by atoms with Crippen molar-refractivity contribution < 1.29 is 36.7 Å². The number of nitrogens with zero attached hydrogens (tertiary/aromatic N) is 3. The largest absolute Gasteiger partial charge is 0.490 e. The molecular formula is C22H22F4N4O4. The van der Waals surface area contributed by atoms with Crippen molar-refractivity contribution in [3.8, 4) is 0 Å². The highest BCUT2D eigenvalue weighted by Crippen LogP contribution is 2.24.